The highest BCUT2D eigenvalue weighted by Gasteiger charge is 2.48. The van der Waals surface area contributed by atoms with E-state index in [2.05, 4.69) is 43.6 Å². The van der Waals surface area contributed by atoms with Crippen LogP contribution in [0.5, 0.6) is 0 Å². The molecule has 3 aliphatic rings. The number of benzene rings is 1. The fourth-order valence-corrected chi connectivity index (χ4v) is 8.19. The number of allylic oxidation sites excluding steroid dienone is 11. The zero-order valence-electron chi connectivity index (χ0n) is 27.6. The number of hydrogen-bond acceptors (Lipinski definition) is 7. The molecule has 0 bridgehead atoms. The summed E-state index contributed by atoms with van der Waals surface area (Å²) in [7, 11) is -8.61. The molecule has 47 heavy (non-hydrogen) atoms. The van der Waals surface area contributed by atoms with E-state index in [4.69, 9.17) is 5.11 Å². The molecular formula is C35H46N2O8S2. The van der Waals surface area contributed by atoms with E-state index in [0.29, 0.717) is 13.0 Å². The fraction of sp³-hybridized carbons (Fsp3) is 0.457. The normalized spacial score (nSPS) is 23.2. The van der Waals surface area contributed by atoms with Gasteiger partial charge in [-0.3, -0.25) is 13.9 Å². The molecule has 0 spiro atoms. The van der Waals surface area contributed by atoms with Crippen molar-refractivity contribution < 1.29 is 35.8 Å². The molecule has 1 aromatic rings. The number of nitrogens with zero attached hydrogens (tertiary/aromatic N) is 2. The number of aliphatic carboxylic acids is 1. The highest BCUT2D eigenvalue weighted by molar-refractivity contribution is 7.89. The first-order valence-electron chi connectivity index (χ1n) is 15.9. The average molecular weight is 687 g/mol. The van der Waals surface area contributed by atoms with Crippen molar-refractivity contribution in [2.75, 3.05) is 18.0 Å². The van der Waals surface area contributed by atoms with Gasteiger partial charge in [-0.2, -0.15) is 16.8 Å². The second-order valence-electron chi connectivity index (χ2n) is 13.3. The highest BCUT2D eigenvalue weighted by atomic mass is 32.2. The summed E-state index contributed by atoms with van der Waals surface area (Å²) >= 11 is 0. The fourth-order valence-electron chi connectivity index (χ4n) is 7.07. The molecule has 12 heteroatoms. The molecule has 1 aliphatic carbocycles. The lowest BCUT2D eigenvalue weighted by Crippen LogP contribution is -2.39. The Labute approximate surface area is 279 Å². The van der Waals surface area contributed by atoms with Crippen LogP contribution in [0.15, 0.2) is 94.1 Å². The van der Waals surface area contributed by atoms with Gasteiger partial charge >= 0.3 is 5.97 Å². The second-order valence-corrected chi connectivity index (χ2v) is 16.2. The van der Waals surface area contributed by atoms with Gasteiger partial charge in [-0.05, 0) is 68.2 Å². The summed E-state index contributed by atoms with van der Waals surface area (Å²) in [5.41, 5.74) is 2.98. The molecule has 256 valence electrons. The number of likely N-dealkylation sites (N-methyl/N-ethyl adjacent to an activating group) is 1. The van der Waals surface area contributed by atoms with E-state index in [0.717, 1.165) is 42.0 Å². The van der Waals surface area contributed by atoms with Crippen molar-refractivity contribution in [3.05, 3.63) is 94.7 Å². The van der Waals surface area contributed by atoms with Gasteiger partial charge < -0.3 is 14.9 Å². The smallest absolute Gasteiger partial charge is 0.303 e. The van der Waals surface area contributed by atoms with E-state index in [1.165, 1.54) is 12.1 Å². The Balaban J connectivity index is 1.51. The summed E-state index contributed by atoms with van der Waals surface area (Å²) in [5.74, 6) is -0.955. The van der Waals surface area contributed by atoms with Crippen LogP contribution in [0.3, 0.4) is 0 Å². The minimum absolute atomic E-state index is 0.00120. The number of anilines is 1. The minimum Gasteiger partial charge on any atom is -0.481 e. The molecule has 10 nitrogen and oxygen atoms in total. The van der Waals surface area contributed by atoms with E-state index in [1.807, 2.05) is 43.4 Å². The van der Waals surface area contributed by atoms with Crippen LogP contribution in [0.1, 0.15) is 72.3 Å². The lowest BCUT2D eigenvalue weighted by atomic mass is 9.75. The van der Waals surface area contributed by atoms with Crippen LogP contribution in [0.25, 0.3) is 0 Å². The number of likely N-dealkylation sites (tertiary alicyclic amines) is 1. The quantitative estimate of drug-likeness (QED) is 0.117. The van der Waals surface area contributed by atoms with Crippen LogP contribution < -0.4 is 4.90 Å². The highest BCUT2D eigenvalue weighted by Crippen LogP contribution is 2.54. The van der Waals surface area contributed by atoms with Crippen molar-refractivity contribution in [1.29, 1.82) is 0 Å². The molecule has 1 saturated heterocycles. The number of fused-ring (bicyclic) bond motifs is 2. The molecular weight excluding hydrogens is 641 g/mol. The van der Waals surface area contributed by atoms with Crippen LogP contribution in [0.4, 0.5) is 5.69 Å². The van der Waals surface area contributed by atoms with Crippen molar-refractivity contribution in [3.63, 3.8) is 0 Å². The third-order valence-corrected chi connectivity index (χ3v) is 11.4. The summed E-state index contributed by atoms with van der Waals surface area (Å²) in [6, 6.07) is 4.71. The number of carboxylic acid groups (broad SMARTS) is 1. The summed E-state index contributed by atoms with van der Waals surface area (Å²) in [5, 5.41) is 8.98. The molecule has 2 unspecified atom stereocenters. The predicted molar refractivity (Wildman–Crippen MR) is 184 cm³/mol. The maximum Gasteiger partial charge on any atom is 0.303 e. The Morgan fingerprint density at radius 2 is 1.60 bits per heavy atom. The molecule has 0 amide bonds. The lowest BCUT2D eigenvalue weighted by molar-refractivity contribution is -0.137. The first-order chi connectivity index (χ1) is 21.9. The standard InChI is InChI=1S/C35H46N2O8S2/c1-6-36-29-20-18-25(46(40,41)42)23-27(29)34(2,3)31(36)15-11-8-7-9-12-16-32-35(4,5)28-24-26(47(43,44)45)19-21-30(28)37(32)22-14-10-13-17-33(38)39/h7-9,11-12,15-16,18-21,23,28,31H,6,10,13-14,17,22,24H2,1-5H3,(H,38,39)(H,40,41,42)(H,43,44,45)/b8-7+,12-9+,15-11+,32-16+. The molecule has 2 heterocycles. The van der Waals surface area contributed by atoms with Gasteiger partial charge in [-0.1, -0.05) is 70.6 Å². The lowest BCUT2D eigenvalue weighted by Gasteiger charge is -2.31. The average Bonchev–Trinajstić information content (AvgIpc) is 3.33. The van der Waals surface area contributed by atoms with Crippen LogP contribution >= 0.6 is 0 Å². The summed E-state index contributed by atoms with van der Waals surface area (Å²) in [4.78, 5) is 15.2. The molecule has 1 aromatic carbocycles. The Hall–Kier alpha value is -3.45. The Morgan fingerprint density at radius 1 is 0.915 bits per heavy atom. The van der Waals surface area contributed by atoms with Crippen molar-refractivity contribution >= 4 is 31.9 Å². The van der Waals surface area contributed by atoms with Gasteiger partial charge in [0.1, 0.15) is 0 Å². The van der Waals surface area contributed by atoms with Crippen LogP contribution in [-0.2, 0) is 30.4 Å². The second kappa shape index (κ2) is 14.0. The van der Waals surface area contributed by atoms with Crippen molar-refractivity contribution in [1.82, 2.24) is 4.90 Å². The minimum atomic E-state index is -4.31. The molecule has 4 rings (SSSR count). The van der Waals surface area contributed by atoms with Gasteiger partial charge in [-0.15, -0.1) is 0 Å². The Bertz CT molecular complexity index is 1780. The third-order valence-electron chi connectivity index (χ3n) is 9.62. The Morgan fingerprint density at radius 3 is 2.23 bits per heavy atom. The molecule has 0 saturated carbocycles. The van der Waals surface area contributed by atoms with Crippen molar-refractivity contribution in [2.45, 2.75) is 83.1 Å². The van der Waals surface area contributed by atoms with Crippen LogP contribution in [-0.4, -0.2) is 61.0 Å². The van der Waals surface area contributed by atoms with Gasteiger partial charge in [0.15, 0.2) is 0 Å². The third kappa shape index (κ3) is 7.83. The number of carbonyl (C=O) groups is 1. The van der Waals surface area contributed by atoms with Gasteiger partial charge in [-0.25, -0.2) is 0 Å². The van der Waals surface area contributed by atoms with Gasteiger partial charge in [0.05, 0.1) is 15.8 Å². The Kier molecular flexibility index (Phi) is 10.8. The first kappa shape index (κ1) is 36.4. The predicted octanol–water partition coefficient (Wildman–Crippen LogP) is 6.63. The molecule has 3 N–H and O–H groups in total. The first-order valence-corrected chi connectivity index (χ1v) is 18.8. The number of rotatable bonds is 13. The molecule has 0 radical (unpaired) electrons. The van der Waals surface area contributed by atoms with Crippen LogP contribution in [0.2, 0.25) is 0 Å². The molecule has 2 atom stereocenters. The summed E-state index contributed by atoms with van der Waals surface area (Å²) in [6.07, 6.45) is 19.5. The molecule has 1 fully saturated rings. The summed E-state index contributed by atoms with van der Waals surface area (Å²) in [6.45, 7) is 11.7. The van der Waals surface area contributed by atoms with E-state index in [-0.39, 0.29) is 34.6 Å². The van der Waals surface area contributed by atoms with E-state index >= 15 is 0 Å². The maximum absolute atomic E-state index is 11.9. The van der Waals surface area contributed by atoms with Crippen molar-refractivity contribution in [2.24, 2.45) is 11.3 Å². The number of unbranched alkanes of at least 4 members (excludes halogenated alkanes) is 2. The van der Waals surface area contributed by atoms with E-state index in [9.17, 15) is 30.7 Å². The van der Waals surface area contributed by atoms with E-state index in [1.54, 1.807) is 18.2 Å². The monoisotopic (exact) mass is 686 g/mol. The molecule has 0 aromatic heterocycles. The molecule has 2 aliphatic heterocycles. The van der Waals surface area contributed by atoms with Gasteiger partial charge in [0.25, 0.3) is 20.2 Å². The maximum atomic E-state index is 11.9. The largest absolute Gasteiger partial charge is 0.481 e. The SMILES string of the molecule is CCN1c2ccc(S(=O)(=O)O)cc2C(C)(C)C1/C=C/C=C/C=C/C=C1/N(CCCCCC(=O)O)C2=CC=C(S(=O)(=O)O)CC2C1(C)C. The zero-order valence-corrected chi connectivity index (χ0v) is 29.3. The summed E-state index contributed by atoms with van der Waals surface area (Å²) < 4.78 is 66.7. The van der Waals surface area contributed by atoms with Gasteiger partial charge in [0, 0.05) is 53.3 Å². The number of hydrogen-bond donors (Lipinski definition) is 3. The topological polar surface area (TPSA) is 153 Å². The van der Waals surface area contributed by atoms with Crippen molar-refractivity contribution in [3.8, 4) is 0 Å². The van der Waals surface area contributed by atoms with Gasteiger partial charge in [0.2, 0.25) is 0 Å². The van der Waals surface area contributed by atoms with E-state index < -0.39 is 37.0 Å². The zero-order chi connectivity index (χ0) is 34.8. The number of carboxylic acids is 1. The van der Waals surface area contributed by atoms with Crippen LogP contribution in [0, 0.1) is 11.3 Å².